The van der Waals surface area contributed by atoms with E-state index in [9.17, 15) is 23.5 Å². The van der Waals surface area contributed by atoms with Crippen LogP contribution in [0, 0.1) is 11.6 Å². The Bertz CT molecular complexity index is 1160. The van der Waals surface area contributed by atoms with Gasteiger partial charge in [-0.15, -0.1) is 0 Å². The van der Waals surface area contributed by atoms with Crippen LogP contribution in [0.4, 0.5) is 39.5 Å². The molecule has 1 unspecified atom stereocenters. The second-order valence-electron chi connectivity index (χ2n) is 8.48. The summed E-state index contributed by atoms with van der Waals surface area (Å²) >= 11 is 0. The average molecular weight is 510 g/mol. The van der Waals surface area contributed by atoms with E-state index in [-0.39, 0.29) is 44.1 Å². The number of fused-ring (bicyclic) bond motifs is 3. The average Bonchev–Trinajstić information content (AvgIpc) is 3.25. The fraction of sp³-hybridized carbons (Fsp3) is 0.409. The Hall–Kier alpha value is -3.65. The standard InChI is InChI=1S/C22H22F4N6O4/c23-15-8-12(30-11-13(36-22(30)35)10-28-20(33)18(25)26)9-16(24)17(15)29-4-6-31-19-14(2-1-3-27-19)21(34)32(31)7-5-29/h1-3,8-9,13,18,21,34H,4-7,10-11H2,(H,28,33)/t13-,21?/m0/s1. The maximum atomic E-state index is 15.2. The van der Waals surface area contributed by atoms with Gasteiger partial charge in [-0.3, -0.25) is 14.7 Å². The summed E-state index contributed by atoms with van der Waals surface area (Å²) < 4.78 is 60.0. The summed E-state index contributed by atoms with van der Waals surface area (Å²) in [6, 6.07) is 5.50. The zero-order chi connectivity index (χ0) is 25.6. The number of benzene rings is 1. The van der Waals surface area contributed by atoms with Crippen molar-refractivity contribution in [3.63, 3.8) is 0 Å². The zero-order valence-electron chi connectivity index (χ0n) is 18.8. The quantitative estimate of drug-likeness (QED) is 0.586. The number of hydrazine groups is 1. The van der Waals surface area contributed by atoms with Gasteiger partial charge < -0.3 is 20.1 Å². The summed E-state index contributed by atoms with van der Waals surface area (Å²) in [6.45, 7) is 0.517. The number of hydrogen-bond donors (Lipinski definition) is 2. The number of amides is 2. The van der Waals surface area contributed by atoms with E-state index in [4.69, 9.17) is 4.74 Å². The number of nitrogens with one attached hydrogen (secondary N) is 1. The number of aliphatic hydroxyl groups is 1. The lowest BCUT2D eigenvalue weighted by atomic mass is 10.2. The molecule has 0 radical (unpaired) electrons. The number of nitrogens with zero attached hydrogens (tertiary/aromatic N) is 5. The molecule has 1 aromatic heterocycles. The molecule has 5 rings (SSSR count). The van der Waals surface area contributed by atoms with E-state index in [2.05, 4.69) is 4.98 Å². The summed E-state index contributed by atoms with van der Waals surface area (Å²) in [4.78, 5) is 30.1. The van der Waals surface area contributed by atoms with Gasteiger partial charge in [0.2, 0.25) is 0 Å². The van der Waals surface area contributed by atoms with Crippen molar-refractivity contribution in [2.75, 3.05) is 54.1 Å². The van der Waals surface area contributed by atoms with Crippen LogP contribution in [-0.2, 0) is 9.53 Å². The molecule has 4 heterocycles. The van der Waals surface area contributed by atoms with Gasteiger partial charge in [0.25, 0.3) is 5.91 Å². The maximum Gasteiger partial charge on any atom is 0.414 e. The number of carbonyl (C=O) groups excluding carboxylic acids is 2. The lowest BCUT2D eigenvalue weighted by Gasteiger charge is -2.28. The molecule has 2 fully saturated rings. The molecule has 2 amide bonds. The Kier molecular flexibility index (Phi) is 6.30. The van der Waals surface area contributed by atoms with Gasteiger partial charge in [-0.05, 0) is 12.1 Å². The van der Waals surface area contributed by atoms with Crippen molar-refractivity contribution < 1.29 is 37.0 Å². The Morgan fingerprint density at radius 2 is 1.92 bits per heavy atom. The van der Waals surface area contributed by atoms with Crippen molar-refractivity contribution in [1.82, 2.24) is 15.3 Å². The second-order valence-corrected chi connectivity index (χ2v) is 8.48. The summed E-state index contributed by atoms with van der Waals surface area (Å²) in [7, 11) is 0. The van der Waals surface area contributed by atoms with E-state index in [1.54, 1.807) is 28.3 Å². The Morgan fingerprint density at radius 3 is 2.64 bits per heavy atom. The van der Waals surface area contributed by atoms with Crippen LogP contribution >= 0.6 is 0 Å². The zero-order valence-corrected chi connectivity index (χ0v) is 18.8. The summed E-state index contributed by atoms with van der Waals surface area (Å²) in [5.74, 6) is -2.71. The number of halogens is 4. The van der Waals surface area contributed by atoms with E-state index in [1.165, 1.54) is 4.90 Å². The molecular formula is C22H22F4N6O4. The van der Waals surface area contributed by atoms with Gasteiger partial charge >= 0.3 is 12.5 Å². The molecular weight excluding hydrogens is 488 g/mol. The van der Waals surface area contributed by atoms with Crippen LogP contribution in [0.25, 0.3) is 0 Å². The van der Waals surface area contributed by atoms with Gasteiger partial charge in [0.1, 0.15) is 17.6 Å². The molecule has 0 bridgehead atoms. The topological polar surface area (TPSA) is 101 Å². The molecule has 0 aliphatic carbocycles. The van der Waals surface area contributed by atoms with Crippen molar-refractivity contribution >= 4 is 29.2 Å². The third-order valence-electron chi connectivity index (χ3n) is 6.32. The first-order valence-electron chi connectivity index (χ1n) is 11.2. The predicted molar refractivity (Wildman–Crippen MR) is 118 cm³/mol. The smallest absolute Gasteiger partial charge is 0.414 e. The normalized spacial score (nSPS) is 21.9. The summed E-state index contributed by atoms with van der Waals surface area (Å²) in [6.07, 6.45) is -4.39. The van der Waals surface area contributed by atoms with Crippen LogP contribution in [-0.4, -0.2) is 78.9 Å². The van der Waals surface area contributed by atoms with Gasteiger partial charge in [-0.25, -0.2) is 18.6 Å². The van der Waals surface area contributed by atoms with Crippen molar-refractivity contribution in [2.45, 2.75) is 18.8 Å². The van der Waals surface area contributed by atoms with Crippen LogP contribution in [0.1, 0.15) is 11.8 Å². The number of hydrogen-bond acceptors (Lipinski definition) is 8. The molecule has 1 aromatic carbocycles. The molecule has 2 N–H and O–H groups in total. The molecule has 192 valence electrons. The molecule has 0 spiro atoms. The highest BCUT2D eigenvalue weighted by Crippen LogP contribution is 2.38. The SMILES string of the molecule is O=C(NC[C@H]1CN(c2cc(F)c(N3CCN4c5ncccc5C(O)N4CC3)c(F)c2)C(=O)O1)C(F)F. The number of rotatable bonds is 5. The fourth-order valence-electron chi connectivity index (χ4n) is 4.63. The highest BCUT2D eigenvalue weighted by Gasteiger charge is 2.39. The van der Waals surface area contributed by atoms with E-state index in [0.717, 1.165) is 17.0 Å². The minimum absolute atomic E-state index is 0.103. The molecule has 3 aliphatic rings. The molecule has 10 nitrogen and oxygen atoms in total. The van der Waals surface area contributed by atoms with Gasteiger partial charge in [0, 0.05) is 43.5 Å². The molecule has 0 saturated carbocycles. The number of carbonyl (C=O) groups is 2. The van der Waals surface area contributed by atoms with E-state index in [0.29, 0.717) is 17.9 Å². The lowest BCUT2D eigenvalue weighted by Crippen LogP contribution is -2.41. The molecule has 2 atom stereocenters. The van der Waals surface area contributed by atoms with Crippen LogP contribution in [0.3, 0.4) is 0 Å². The maximum absolute atomic E-state index is 15.2. The monoisotopic (exact) mass is 510 g/mol. The third kappa shape index (κ3) is 4.26. The highest BCUT2D eigenvalue weighted by molar-refractivity contribution is 5.90. The first-order valence-corrected chi connectivity index (χ1v) is 11.2. The summed E-state index contributed by atoms with van der Waals surface area (Å²) in [5, 5.41) is 16.1. The van der Waals surface area contributed by atoms with Crippen molar-refractivity contribution in [3.05, 3.63) is 47.7 Å². The minimum atomic E-state index is -3.21. The molecule has 2 saturated heterocycles. The number of aliphatic hydroxyl groups excluding tert-OH is 1. The largest absolute Gasteiger partial charge is 0.442 e. The molecule has 3 aliphatic heterocycles. The lowest BCUT2D eigenvalue weighted by molar-refractivity contribution is -0.132. The Labute approximate surface area is 202 Å². The summed E-state index contributed by atoms with van der Waals surface area (Å²) in [5.41, 5.74) is 0.289. The first-order chi connectivity index (χ1) is 17.2. The van der Waals surface area contributed by atoms with Crippen LogP contribution in [0.2, 0.25) is 0 Å². The first kappa shape index (κ1) is 24.1. The number of ether oxygens (including phenoxy) is 1. The van der Waals surface area contributed by atoms with Gasteiger partial charge in [-0.1, -0.05) is 0 Å². The van der Waals surface area contributed by atoms with Crippen molar-refractivity contribution in [3.8, 4) is 0 Å². The fourth-order valence-corrected chi connectivity index (χ4v) is 4.63. The Morgan fingerprint density at radius 1 is 1.19 bits per heavy atom. The van der Waals surface area contributed by atoms with Crippen molar-refractivity contribution in [2.24, 2.45) is 0 Å². The van der Waals surface area contributed by atoms with Crippen LogP contribution < -0.4 is 20.1 Å². The second kappa shape index (κ2) is 9.43. The van der Waals surface area contributed by atoms with E-state index in [1.807, 2.05) is 5.32 Å². The minimum Gasteiger partial charge on any atom is -0.442 e. The number of anilines is 3. The number of cyclic esters (lactones) is 1. The number of alkyl halides is 2. The van der Waals surface area contributed by atoms with Crippen molar-refractivity contribution in [1.29, 1.82) is 0 Å². The van der Waals surface area contributed by atoms with Gasteiger partial charge in [0.05, 0.1) is 25.3 Å². The Balaban J connectivity index is 1.30. The number of pyridine rings is 1. The van der Waals surface area contributed by atoms with Gasteiger partial charge in [0.15, 0.2) is 17.9 Å². The molecule has 14 heteroatoms. The highest BCUT2D eigenvalue weighted by atomic mass is 19.3. The van der Waals surface area contributed by atoms with E-state index >= 15 is 8.78 Å². The molecule has 2 aromatic rings. The van der Waals surface area contributed by atoms with Crippen LogP contribution in [0.15, 0.2) is 30.5 Å². The van der Waals surface area contributed by atoms with E-state index < -0.39 is 42.4 Å². The van der Waals surface area contributed by atoms with Crippen LogP contribution in [0.5, 0.6) is 0 Å². The molecule has 36 heavy (non-hydrogen) atoms. The number of aromatic nitrogens is 1. The predicted octanol–water partition coefficient (Wildman–Crippen LogP) is 1.61. The third-order valence-corrected chi connectivity index (χ3v) is 6.32. The van der Waals surface area contributed by atoms with Gasteiger partial charge in [-0.2, -0.15) is 13.8 Å².